The molecule has 0 saturated carbocycles. The van der Waals surface area contributed by atoms with Gasteiger partial charge in [0.05, 0.1) is 0 Å². The molecule has 0 unspecified atom stereocenters. The molecule has 0 aliphatic heterocycles. The van der Waals surface area contributed by atoms with Crippen LogP contribution in [0, 0.1) is 0 Å². The third-order valence-corrected chi connectivity index (χ3v) is 3.25. The van der Waals surface area contributed by atoms with Gasteiger partial charge in [0.25, 0.3) is 5.91 Å². The van der Waals surface area contributed by atoms with Crippen LogP contribution in [0.2, 0.25) is 10.3 Å². The summed E-state index contributed by atoms with van der Waals surface area (Å²) in [5.41, 5.74) is 0.511. The Morgan fingerprint density at radius 3 is 2.00 bits per heavy atom. The second-order valence-corrected chi connectivity index (χ2v) is 5.28. The molecule has 0 fully saturated rings. The zero-order chi connectivity index (χ0) is 14.3. The largest absolute Gasteiger partial charge is 0.339 e. The van der Waals surface area contributed by atoms with Crippen LogP contribution in [-0.2, 0) is 0 Å². The molecule has 0 aliphatic carbocycles. The minimum absolute atomic E-state index is 0.0203. The molecule has 1 amide bonds. The number of halogens is 2. The maximum absolute atomic E-state index is 12.4. The van der Waals surface area contributed by atoms with Gasteiger partial charge in [-0.25, -0.2) is 4.98 Å². The van der Waals surface area contributed by atoms with Crippen molar-refractivity contribution in [3.8, 4) is 0 Å². The van der Waals surface area contributed by atoms with Gasteiger partial charge in [-0.3, -0.25) is 4.79 Å². The number of amides is 1. The summed E-state index contributed by atoms with van der Waals surface area (Å²) in [5.74, 6) is -0.0203. The SMILES string of the molecule is CCCCN(CCCC)C(=O)c1cc(Cl)nc(Cl)c1. The lowest BCUT2D eigenvalue weighted by Gasteiger charge is -2.22. The Labute approximate surface area is 124 Å². The number of aromatic nitrogens is 1. The first-order chi connectivity index (χ1) is 9.08. The Hall–Kier alpha value is -0.800. The van der Waals surface area contributed by atoms with E-state index < -0.39 is 0 Å². The Kier molecular flexibility index (Phi) is 7.17. The predicted octanol–water partition coefficient (Wildman–Crippen LogP) is 4.43. The lowest BCUT2D eigenvalue weighted by atomic mass is 10.2. The summed E-state index contributed by atoms with van der Waals surface area (Å²) in [6.45, 7) is 5.77. The number of carbonyl (C=O) groups is 1. The highest BCUT2D eigenvalue weighted by Gasteiger charge is 2.16. The van der Waals surface area contributed by atoms with Crippen molar-refractivity contribution in [3.63, 3.8) is 0 Å². The Bertz CT molecular complexity index is 396. The average Bonchev–Trinajstić information content (AvgIpc) is 2.37. The van der Waals surface area contributed by atoms with E-state index >= 15 is 0 Å². The lowest BCUT2D eigenvalue weighted by molar-refractivity contribution is 0.0751. The smallest absolute Gasteiger partial charge is 0.254 e. The lowest BCUT2D eigenvalue weighted by Crippen LogP contribution is -2.33. The van der Waals surface area contributed by atoms with E-state index in [0.29, 0.717) is 5.56 Å². The quantitative estimate of drug-likeness (QED) is 0.698. The standard InChI is InChI=1S/C14H20Cl2N2O/c1-3-5-7-18(8-6-4-2)14(19)11-9-12(15)17-13(16)10-11/h9-10H,3-8H2,1-2H3. The molecule has 0 saturated heterocycles. The van der Waals surface area contributed by atoms with Crippen molar-refractivity contribution in [2.24, 2.45) is 0 Å². The highest BCUT2D eigenvalue weighted by Crippen LogP contribution is 2.17. The molecule has 5 heteroatoms. The van der Waals surface area contributed by atoms with Crippen LogP contribution >= 0.6 is 23.2 Å². The van der Waals surface area contributed by atoms with Gasteiger partial charge in [-0.2, -0.15) is 0 Å². The molecule has 0 aliphatic rings. The van der Waals surface area contributed by atoms with E-state index in [-0.39, 0.29) is 16.2 Å². The molecule has 0 aromatic carbocycles. The summed E-state index contributed by atoms with van der Waals surface area (Å²) in [6, 6.07) is 3.14. The van der Waals surface area contributed by atoms with Crippen molar-refractivity contribution in [1.29, 1.82) is 0 Å². The number of unbranched alkanes of at least 4 members (excludes halogenated alkanes) is 2. The highest BCUT2D eigenvalue weighted by atomic mass is 35.5. The van der Waals surface area contributed by atoms with Crippen molar-refractivity contribution >= 4 is 29.1 Å². The van der Waals surface area contributed by atoms with E-state index in [2.05, 4.69) is 18.8 Å². The summed E-state index contributed by atoms with van der Waals surface area (Å²) in [4.78, 5) is 18.2. The number of pyridine rings is 1. The van der Waals surface area contributed by atoms with Crippen LogP contribution in [0.1, 0.15) is 49.9 Å². The van der Waals surface area contributed by atoms with Crippen LogP contribution in [0.3, 0.4) is 0 Å². The first kappa shape index (κ1) is 16.3. The van der Waals surface area contributed by atoms with Crippen LogP contribution in [-0.4, -0.2) is 28.9 Å². The Morgan fingerprint density at radius 2 is 1.58 bits per heavy atom. The topological polar surface area (TPSA) is 33.2 Å². The van der Waals surface area contributed by atoms with Crippen molar-refractivity contribution in [2.75, 3.05) is 13.1 Å². The number of hydrogen-bond donors (Lipinski definition) is 0. The molecule has 0 radical (unpaired) electrons. The average molecular weight is 303 g/mol. The minimum atomic E-state index is -0.0203. The molecule has 3 nitrogen and oxygen atoms in total. The fraction of sp³-hybridized carbons (Fsp3) is 0.571. The molecular weight excluding hydrogens is 283 g/mol. The van der Waals surface area contributed by atoms with Gasteiger partial charge in [0.15, 0.2) is 0 Å². The third kappa shape index (κ3) is 5.37. The molecule has 1 aromatic rings. The van der Waals surface area contributed by atoms with Gasteiger partial charge < -0.3 is 4.90 Å². The van der Waals surface area contributed by atoms with Gasteiger partial charge >= 0.3 is 0 Å². The number of hydrogen-bond acceptors (Lipinski definition) is 2. The normalized spacial score (nSPS) is 10.5. The van der Waals surface area contributed by atoms with Crippen molar-refractivity contribution in [3.05, 3.63) is 28.0 Å². The molecule has 1 rings (SSSR count). The van der Waals surface area contributed by atoms with Crippen molar-refractivity contribution in [1.82, 2.24) is 9.88 Å². The summed E-state index contributed by atoms with van der Waals surface area (Å²) in [7, 11) is 0. The zero-order valence-corrected chi connectivity index (χ0v) is 13.0. The summed E-state index contributed by atoms with van der Waals surface area (Å²) in [6.07, 6.45) is 4.13. The molecule has 19 heavy (non-hydrogen) atoms. The van der Waals surface area contributed by atoms with Crippen molar-refractivity contribution in [2.45, 2.75) is 39.5 Å². The van der Waals surface area contributed by atoms with E-state index in [1.807, 2.05) is 4.90 Å². The summed E-state index contributed by atoms with van der Waals surface area (Å²) in [5, 5.41) is 0.503. The predicted molar refractivity (Wildman–Crippen MR) is 80.0 cm³/mol. The van der Waals surface area contributed by atoms with Crippen LogP contribution < -0.4 is 0 Å². The van der Waals surface area contributed by atoms with Gasteiger partial charge in [-0.1, -0.05) is 49.9 Å². The fourth-order valence-corrected chi connectivity index (χ4v) is 2.24. The van der Waals surface area contributed by atoms with E-state index in [9.17, 15) is 4.79 Å². The fourth-order valence-electron chi connectivity index (χ4n) is 1.78. The molecule has 0 bridgehead atoms. The molecule has 106 valence electrons. The molecule has 0 N–H and O–H groups in total. The number of rotatable bonds is 7. The third-order valence-electron chi connectivity index (χ3n) is 2.86. The van der Waals surface area contributed by atoms with E-state index in [4.69, 9.17) is 23.2 Å². The van der Waals surface area contributed by atoms with E-state index in [0.717, 1.165) is 38.8 Å². The summed E-state index contributed by atoms with van der Waals surface area (Å²) < 4.78 is 0. The maximum Gasteiger partial charge on any atom is 0.254 e. The van der Waals surface area contributed by atoms with Gasteiger partial charge in [0.2, 0.25) is 0 Å². The van der Waals surface area contributed by atoms with E-state index in [1.54, 1.807) is 12.1 Å². The van der Waals surface area contributed by atoms with E-state index in [1.165, 1.54) is 0 Å². The van der Waals surface area contributed by atoms with Crippen molar-refractivity contribution < 1.29 is 4.79 Å². The Balaban J connectivity index is 2.84. The number of nitrogens with zero attached hydrogens (tertiary/aromatic N) is 2. The highest BCUT2D eigenvalue weighted by molar-refractivity contribution is 6.33. The first-order valence-corrected chi connectivity index (χ1v) is 7.46. The van der Waals surface area contributed by atoms with Gasteiger partial charge in [0, 0.05) is 18.7 Å². The first-order valence-electron chi connectivity index (χ1n) is 6.70. The van der Waals surface area contributed by atoms with Crippen LogP contribution in [0.25, 0.3) is 0 Å². The molecular formula is C14H20Cl2N2O. The molecule has 1 aromatic heterocycles. The van der Waals surface area contributed by atoms with Crippen LogP contribution in [0.4, 0.5) is 0 Å². The van der Waals surface area contributed by atoms with Gasteiger partial charge in [-0.05, 0) is 25.0 Å². The number of carbonyl (C=O) groups excluding carboxylic acids is 1. The second kappa shape index (κ2) is 8.39. The maximum atomic E-state index is 12.4. The van der Waals surface area contributed by atoms with Gasteiger partial charge in [0.1, 0.15) is 10.3 Å². The summed E-state index contributed by atoms with van der Waals surface area (Å²) >= 11 is 11.7. The Morgan fingerprint density at radius 1 is 1.11 bits per heavy atom. The van der Waals surface area contributed by atoms with Crippen LogP contribution in [0.5, 0.6) is 0 Å². The zero-order valence-electron chi connectivity index (χ0n) is 11.5. The monoisotopic (exact) mass is 302 g/mol. The van der Waals surface area contributed by atoms with Gasteiger partial charge in [-0.15, -0.1) is 0 Å². The molecule has 0 atom stereocenters. The second-order valence-electron chi connectivity index (χ2n) is 4.50. The molecule has 1 heterocycles. The van der Waals surface area contributed by atoms with Crippen LogP contribution in [0.15, 0.2) is 12.1 Å². The molecule has 0 spiro atoms. The minimum Gasteiger partial charge on any atom is -0.339 e.